The molecule has 1 aliphatic heterocycles. The molecular formula is C14H22N4OS. The molecule has 0 saturated carbocycles. The van der Waals surface area contributed by atoms with E-state index in [2.05, 4.69) is 27.1 Å². The normalized spacial score (nSPS) is 19.2. The minimum Gasteiger partial charge on any atom is -0.352 e. The van der Waals surface area contributed by atoms with E-state index in [9.17, 15) is 4.79 Å². The predicted octanol–water partition coefficient (Wildman–Crippen LogP) is 1.42. The van der Waals surface area contributed by atoms with Gasteiger partial charge in [0.1, 0.15) is 0 Å². The fourth-order valence-corrected chi connectivity index (χ4v) is 2.94. The maximum atomic E-state index is 11.6. The third-order valence-electron chi connectivity index (χ3n) is 3.42. The van der Waals surface area contributed by atoms with Gasteiger partial charge in [-0.2, -0.15) is 0 Å². The van der Waals surface area contributed by atoms with Crippen LogP contribution in [0.2, 0.25) is 0 Å². The van der Waals surface area contributed by atoms with Crippen molar-refractivity contribution in [2.45, 2.75) is 32.4 Å². The van der Waals surface area contributed by atoms with Gasteiger partial charge in [-0.05, 0) is 17.9 Å². The Hall–Kier alpha value is -1.56. The van der Waals surface area contributed by atoms with Crippen LogP contribution < -0.4 is 10.6 Å². The molecule has 20 heavy (non-hydrogen) atoms. The molecule has 0 bridgehead atoms. The highest BCUT2D eigenvalue weighted by Crippen LogP contribution is 2.11. The molecule has 2 heterocycles. The van der Waals surface area contributed by atoms with Crippen LogP contribution in [-0.2, 0) is 11.3 Å². The van der Waals surface area contributed by atoms with E-state index in [0.29, 0.717) is 12.5 Å². The summed E-state index contributed by atoms with van der Waals surface area (Å²) in [6, 6.07) is 4.44. The Morgan fingerprint density at radius 3 is 3.10 bits per heavy atom. The van der Waals surface area contributed by atoms with Gasteiger partial charge in [0, 0.05) is 37.5 Å². The van der Waals surface area contributed by atoms with Crippen LogP contribution in [0.1, 0.15) is 24.6 Å². The molecule has 0 aliphatic carbocycles. The molecule has 1 amide bonds. The van der Waals surface area contributed by atoms with E-state index in [1.807, 2.05) is 17.9 Å². The average molecular weight is 294 g/mol. The number of hydrogen-bond acceptors (Lipinski definition) is 3. The zero-order valence-corrected chi connectivity index (χ0v) is 12.9. The lowest BCUT2D eigenvalue weighted by Crippen LogP contribution is -2.44. The van der Waals surface area contributed by atoms with Crippen molar-refractivity contribution in [1.29, 1.82) is 0 Å². The summed E-state index contributed by atoms with van der Waals surface area (Å²) in [6.45, 7) is 4.30. The summed E-state index contributed by atoms with van der Waals surface area (Å²) in [5.74, 6) is 1.03. The van der Waals surface area contributed by atoms with Gasteiger partial charge in [-0.1, -0.05) is 13.0 Å². The Morgan fingerprint density at radius 1 is 1.60 bits per heavy atom. The molecule has 2 N–H and O–H groups in total. The Bertz CT molecular complexity index is 458. The molecular weight excluding hydrogens is 272 g/mol. The number of thiophene rings is 1. The fraction of sp³-hybridized carbons (Fsp3) is 0.571. The summed E-state index contributed by atoms with van der Waals surface area (Å²) in [7, 11) is 1.77. The highest BCUT2D eigenvalue weighted by molar-refractivity contribution is 7.09. The second kappa shape index (κ2) is 7.28. The first-order valence-corrected chi connectivity index (χ1v) is 7.88. The fourth-order valence-electron chi connectivity index (χ4n) is 2.30. The molecule has 0 spiro atoms. The summed E-state index contributed by atoms with van der Waals surface area (Å²) < 4.78 is 0. The summed E-state index contributed by atoms with van der Waals surface area (Å²) in [5.41, 5.74) is 0. The van der Waals surface area contributed by atoms with Crippen LogP contribution in [0.4, 0.5) is 0 Å². The average Bonchev–Trinajstić information content (AvgIpc) is 3.13. The molecule has 1 aliphatic rings. The van der Waals surface area contributed by atoms with E-state index in [1.165, 1.54) is 4.88 Å². The Labute approximate surface area is 124 Å². The second-order valence-electron chi connectivity index (χ2n) is 4.83. The monoisotopic (exact) mass is 294 g/mol. The van der Waals surface area contributed by atoms with Crippen molar-refractivity contribution in [1.82, 2.24) is 15.5 Å². The van der Waals surface area contributed by atoms with Gasteiger partial charge in [-0.15, -0.1) is 11.3 Å². The number of nitrogens with zero attached hydrogens (tertiary/aromatic N) is 2. The SMILES string of the molecule is CCC(=O)N1CCC(NC(=NC)NCc2cccs2)C1. The van der Waals surface area contributed by atoms with Gasteiger partial charge in [0.15, 0.2) is 5.96 Å². The maximum absolute atomic E-state index is 11.6. The standard InChI is InChI=1S/C14H22N4OS/c1-3-13(19)18-7-6-11(10-18)17-14(15-2)16-9-12-5-4-8-20-12/h4-5,8,11H,3,6-7,9-10H2,1-2H3,(H2,15,16,17). The number of nitrogens with one attached hydrogen (secondary N) is 2. The van der Waals surface area contributed by atoms with E-state index < -0.39 is 0 Å². The summed E-state index contributed by atoms with van der Waals surface area (Å²) in [6.07, 6.45) is 1.56. The van der Waals surface area contributed by atoms with Crippen LogP contribution >= 0.6 is 11.3 Å². The minimum atomic E-state index is 0.232. The molecule has 5 nitrogen and oxygen atoms in total. The van der Waals surface area contributed by atoms with Gasteiger partial charge in [-0.3, -0.25) is 9.79 Å². The van der Waals surface area contributed by atoms with Crippen LogP contribution in [0.3, 0.4) is 0 Å². The number of amides is 1. The first-order chi connectivity index (χ1) is 9.72. The Balaban J connectivity index is 1.78. The van der Waals surface area contributed by atoms with E-state index >= 15 is 0 Å². The molecule has 1 unspecified atom stereocenters. The molecule has 1 aromatic rings. The van der Waals surface area contributed by atoms with Gasteiger partial charge < -0.3 is 15.5 Å². The van der Waals surface area contributed by atoms with Crippen molar-refractivity contribution in [3.8, 4) is 0 Å². The Kier molecular flexibility index (Phi) is 5.40. The topological polar surface area (TPSA) is 56.7 Å². The van der Waals surface area contributed by atoms with Crippen molar-refractivity contribution >= 4 is 23.2 Å². The van der Waals surface area contributed by atoms with Crippen molar-refractivity contribution in [3.05, 3.63) is 22.4 Å². The van der Waals surface area contributed by atoms with Crippen LogP contribution in [0.5, 0.6) is 0 Å². The van der Waals surface area contributed by atoms with Gasteiger partial charge in [0.05, 0.1) is 6.54 Å². The zero-order valence-electron chi connectivity index (χ0n) is 12.1. The van der Waals surface area contributed by atoms with Crippen molar-refractivity contribution in [2.75, 3.05) is 20.1 Å². The number of aliphatic imine (C=N–C) groups is 1. The molecule has 110 valence electrons. The summed E-state index contributed by atoms with van der Waals surface area (Å²) in [4.78, 5) is 19.1. The molecule has 0 radical (unpaired) electrons. The highest BCUT2D eigenvalue weighted by Gasteiger charge is 2.25. The third kappa shape index (κ3) is 3.96. The lowest BCUT2D eigenvalue weighted by molar-refractivity contribution is -0.129. The number of carbonyl (C=O) groups excluding carboxylic acids is 1. The highest BCUT2D eigenvalue weighted by atomic mass is 32.1. The first kappa shape index (κ1) is 14.8. The van der Waals surface area contributed by atoms with Crippen molar-refractivity contribution in [3.63, 3.8) is 0 Å². The van der Waals surface area contributed by atoms with E-state index in [0.717, 1.165) is 32.0 Å². The minimum absolute atomic E-state index is 0.232. The summed E-state index contributed by atoms with van der Waals surface area (Å²) >= 11 is 1.73. The van der Waals surface area contributed by atoms with Gasteiger partial charge in [0.25, 0.3) is 0 Å². The van der Waals surface area contributed by atoms with Crippen molar-refractivity contribution in [2.24, 2.45) is 4.99 Å². The van der Waals surface area contributed by atoms with E-state index in [4.69, 9.17) is 0 Å². The molecule has 2 rings (SSSR count). The van der Waals surface area contributed by atoms with Crippen LogP contribution in [0, 0.1) is 0 Å². The van der Waals surface area contributed by atoms with Gasteiger partial charge >= 0.3 is 0 Å². The lowest BCUT2D eigenvalue weighted by Gasteiger charge is -2.18. The second-order valence-corrected chi connectivity index (χ2v) is 5.86. The predicted molar refractivity (Wildman–Crippen MR) is 82.9 cm³/mol. The third-order valence-corrected chi connectivity index (χ3v) is 4.29. The lowest BCUT2D eigenvalue weighted by atomic mass is 10.3. The molecule has 1 atom stereocenters. The number of rotatable bonds is 4. The summed E-state index contributed by atoms with van der Waals surface area (Å²) in [5, 5.41) is 8.76. The molecule has 0 aromatic carbocycles. The molecule has 6 heteroatoms. The number of hydrogen-bond donors (Lipinski definition) is 2. The smallest absolute Gasteiger partial charge is 0.222 e. The Morgan fingerprint density at radius 2 is 2.45 bits per heavy atom. The molecule has 1 saturated heterocycles. The van der Waals surface area contributed by atoms with Crippen molar-refractivity contribution < 1.29 is 4.79 Å². The van der Waals surface area contributed by atoms with Gasteiger partial charge in [0.2, 0.25) is 5.91 Å². The molecule has 1 fully saturated rings. The van der Waals surface area contributed by atoms with Crippen LogP contribution in [-0.4, -0.2) is 42.9 Å². The van der Waals surface area contributed by atoms with E-state index in [1.54, 1.807) is 18.4 Å². The quantitative estimate of drug-likeness (QED) is 0.652. The van der Waals surface area contributed by atoms with Gasteiger partial charge in [-0.25, -0.2) is 0 Å². The number of guanidine groups is 1. The largest absolute Gasteiger partial charge is 0.352 e. The van der Waals surface area contributed by atoms with E-state index in [-0.39, 0.29) is 5.91 Å². The zero-order chi connectivity index (χ0) is 14.4. The van der Waals surface area contributed by atoms with Crippen LogP contribution in [0.15, 0.2) is 22.5 Å². The number of likely N-dealkylation sites (tertiary alicyclic amines) is 1. The van der Waals surface area contributed by atoms with Crippen LogP contribution in [0.25, 0.3) is 0 Å². The maximum Gasteiger partial charge on any atom is 0.222 e. The molecule has 1 aromatic heterocycles. The first-order valence-electron chi connectivity index (χ1n) is 7.00. The number of carbonyl (C=O) groups is 1.